The minimum Gasteiger partial charge on any atom is -0.409 e. The van der Waals surface area contributed by atoms with Crippen molar-refractivity contribution in [2.24, 2.45) is 16.8 Å². The van der Waals surface area contributed by atoms with Crippen LogP contribution in [0.15, 0.2) is 22.2 Å². The molecule has 1 unspecified atom stereocenters. The van der Waals surface area contributed by atoms with Gasteiger partial charge in [0.25, 0.3) is 0 Å². The zero-order valence-corrected chi connectivity index (χ0v) is 13.3. The van der Waals surface area contributed by atoms with E-state index < -0.39 is 21.8 Å². The van der Waals surface area contributed by atoms with Gasteiger partial charge in [-0.3, -0.25) is 0 Å². The van der Waals surface area contributed by atoms with Crippen LogP contribution in [0.25, 0.3) is 0 Å². The number of oxime groups is 1. The fraction of sp³-hybridized carbons (Fsp3) is 0.462. The standard InChI is InChI=1S/C13H20FN3O3S/c1-8-5-11(14)6-9(2)12(8)21(19,20)17(4)7-10(3)13(15)16-18/h5-6,10,18H,7H2,1-4H3,(H2,15,16). The lowest BCUT2D eigenvalue weighted by Crippen LogP contribution is -2.36. The SMILES string of the molecule is Cc1cc(F)cc(C)c1S(=O)(=O)N(C)CC(C)C(N)=NO. The fourth-order valence-electron chi connectivity index (χ4n) is 2.14. The lowest BCUT2D eigenvalue weighted by atomic mass is 10.1. The molecule has 0 radical (unpaired) electrons. The number of benzene rings is 1. The first-order chi connectivity index (χ1) is 9.61. The molecule has 1 aromatic rings. The van der Waals surface area contributed by atoms with Crippen molar-refractivity contribution in [3.05, 3.63) is 29.1 Å². The molecule has 0 bridgehead atoms. The van der Waals surface area contributed by atoms with Crippen LogP contribution in [0, 0.1) is 25.6 Å². The minimum atomic E-state index is -3.78. The van der Waals surface area contributed by atoms with Gasteiger partial charge in [-0.1, -0.05) is 12.1 Å². The van der Waals surface area contributed by atoms with Crippen molar-refractivity contribution in [2.45, 2.75) is 25.7 Å². The maximum atomic E-state index is 13.3. The molecule has 1 rings (SSSR count). The van der Waals surface area contributed by atoms with Gasteiger partial charge in [-0.15, -0.1) is 0 Å². The van der Waals surface area contributed by atoms with Crippen LogP contribution in [0.5, 0.6) is 0 Å². The van der Waals surface area contributed by atoms with E-state index in [0.717, 1.165) is 4.31 Å². The molecular formula is C13H20FN3O3S. The Kier molecular flexibility index (Phi) is 5.30. The highest BCUT2D eigenvalue weighted by atomic mass is 32.2. The second kappa shape index (κ2) is 6.40. The van der Waals surface area contributed by atoms with Crippen molar-refractivity contribution in [1.82, 2.24) is 4.31 Å². The van der Waals surface area contributed by atoms with Gasteiger partial charge in [-0.2, -0.15) is 0 Å². The third-order valence-electron chi connectivity index (χ3n) is 3.24. The van der Waals surface area contributed by atoms with Crippen LogP contribution in [0.4, 0.5) is 4.39 Å². The van der Waals surface area contributed by atoms with E-state index in [9.17, 15) is 12.8 Å². The van der Waals surface area contributed by atoms with E-state index in [-0.39, 0.29) is 17.3 Å². The second-order valence-corrected chi connectivity index (χ2v) is 7.06. The lowest BCUT2D eigenvalue weighted by molar-refractivity contribution is 0.312. The molecule has 0 aliphatic carbocycles. The van der Waals surface area contributed by atoms with Crippen LogP contribution < -0.4 is 5.73 Å². The molecule has 1 atom stereocenters. The zero-order valence-electron chi connectivity index (χ0n) is 12.5. The number of hydrogen-bond acceptors (Lipinski definition) is 4. The molecule has 3 N–H and O–H groups in total. The summed E-state index contributed by atoms with van der Waals surface area (Å²) in [4.78, 5) is 0.0816. The Balaban J connectivity index is 3.18. The number of amidine groups is 1. The van der Waals surface area contributed by atoms with E-state index in [4.69, 9.17) is 10.9 Å². The van der Waals surface area contributed by atoms with Gasteiger partial charge in [0.1, 0.15) is 11.7 Å². The molecule has 0 saturated heterocycles. The summed E-state index contributed by atoms with van der Waals surface area (Å²) in [6.07, 6.45) is 0. The van der Waals surface area contributed by atoms with Gasteiger partial charge in [-0.25, -0.2) is 17.1 Å². The highest BCUT2D eigenvalue weighted by Crippen LogP contribution is 2.24. The third-order valence-corrected chi connectivity index (χ3v) is 5.37. The predicted molar refractivity (Wildman–Crippen MR) is 78.3 cm³/mol. The number of hydrogen-bond donors (Lipinski definition) is 2. The maximum absolute atomic E-state index is 13.3. The van der Waals surface area contributed by atoms with E-state index in [2.05, 4.69) is 5.16 Å². The molecule has 0 aliphatic heterocycles. The molecule has 0 fully saturated rings. The van der Waals surface area contributed by atoms with Crippen molar-refractivity contribution in [3.63, 3.8) is 0 Å². The fourth-order valence-corrected chi connectivity index (χ4v) is 3.80. The Morgan fingerprint density at radius 3 is 2.33 bits per heavy atom. The highest BCUT2D eigenvalue weighted by Gasteiger charge is 2.27. The largest absolute Gasteiger partial charge is 0.409 e. The summed E-state index contributed by atoms with van der Waals surface area (Å²) in [5.74, 6) is -0.975. The first kappa shape index (κ1) is 17.4. The molecule has 0 saturated carbocycles. The Hall–Kier alpha value is -1.67. The first-order valence-corrected chi connectivity index (χ1v) is 7.75. The monoisotopic (exact) mass is 317 g/mol. The molecule has 0 amide bonds. The van der Waals surface area contributed by atoms with E-state index >= 15 is 0 Å². The van der Waals surface area contributed by atoms with E-state index in [1.54, 1.807) is 20.8 Å². The predicted octanol–water partition coefficient (Wildman–Crippen LogP) is 1.45. The van der Waals surface area contributed by atoms with Crippen molar-refractivity contribution in [1.29, 1.82) is 0 Å². The van der Waals surface area contributed by atoms with Crippen molar-refractivity contribution in [2.75, 3.05) is 13.6 Å². The van der Waals surface area contributed by atoms with Crippen molar-refractivity contribution >= 4 is 15.9 Å². The molecule has 0 aromatic heterocycles. The number of sulfonamides is 1. The lowest BCUT2D eigenvalue weighted by Gasteiger charge is -2.22. The smallest absolute Gasteiger partial charge is 0.243 e. The summed E-state index contributed by atoms with van der Waals surface area (Å²) in [7, 11) is -2.38. The van der Waals surface area contributed by atoms with Crippen LogP contribution in [0.1, 0.15) is 18.1 Å². The Labute approximate surface area is 124 Å². The Morgan fingerprint density at radius 1 is 1.43 bits per heavy atom. The van der Waals surface area contributed by atoms with E-state index in [0.29, 0.717) is 11.1 Å². The van der Waals surface area contributed by atoms with Crippen molar-refractivity contribution in [3.8, 4) is 0 Å². The molecule has 118 valence electrons. The summed E-state index contributed by atoms with van der Waals surface area (Å²) in [6, 6.07) is 2.36. The Bertz CT molecular complexity index is 636. The number of halogens is 1. The molecule has 0 aliphatic rings. The maximum Gasteiger partial charge on any atom is 0.243 e. The van der Waals surface area contributed by atoms with Crippen LogP contribution in [0.3, 0.4) is 0 Å². The van der Waals surface area contributed by atoms with Crippen LogP contribution in [-0.2, 0) is 10.0 Å². The molecule has 0 spiro atoms. The summed E-state index contributed by atoms with van der Waals surface area (Å²) in [5.41, 5.74) is 6.14. The number of nitrogens with zero attached hydrogens (tertiary/aromatic N) is 2. The number of rotatable bonds is 5. The molecular weight excluding hydrogens is 297 g/mol. The van der Waals surface area contributed by atoms with Gasteiger partial charge < -0.3 is 10.9 Å². The average molecular weight is 317 g/mol. The van der Waals surface area contributed by atoms with Crippen molar-refractivity contribution < 1.29 is 18.0 Å². The summed E-state index contributed by atoms with van der Waals surface area (Å²) in [5, 5.41) is 11.5. The van der Waals surface area contributed by atoms with E-state index in [1.165, 1.54) is 19.2 Å². The number of aryl methyl sites for hydroxylation is 2. The second-order valence-electron chi connectivity index (χ2n) is 5.08. The molecule has 8 heteroatoms. The van der Waals surface area contributed by atoms with Gasteiger partial charge in [0.05, 0.1) is 4.90 Å². The molecule has 6 nitrogen and oxygen atoms in total. The van der Waals surface area contributed by atoms with Gasteiger partial charge >= 0.3 is 0 Å². The zero-order chi connectivity index (χ0) is 16.4. The molecule has 1 aromatic carbocycles. The normalized spacial score (nSPS) is 14.5. The highest BCUT2D eigenvalue weighted by molar-refractivity contribution is 7.89. The van der Waals surface area contributed by atoms with Gasteiger partial charge in [0.2, 0.25) is 10.0 Å². The van der Waals surface area contributed by atoms with Gasteiger partial charge in [0.15, 0.2) is 0 Å². The van der Waals surface area contributed by atoms with E-state index in [1.807, 2.05) is 0 Å². The Morgan fingerprint density at radius 2 is 1.90 bits per heavy atom. The quantitative estimate of drug-likeness (QED) is 0.372. The first-order valence-electron chi connectivity index (χ1n) is 6.31. The van der Waals surface area contributed by atoms with Crippen LogP contribution in [0.2, 0.25) is 0 Å². The van der Waals surface area contributed by atoms with Gasteiger partial charge in [-0.05, 0) is 37.1 Å². The molecule has 0 heterocycles. The topological polar surface area (TPSA) is 96.0 Å². The summed E-state index contributed by atoms with van der Waals surface area (Å²) < 4.78 is 39.6. The van der Waals surface area contributed by atoms with Crippen LogP contribution >= 0.6 is 0 Å². The summed E-state index contributed by atoms with van der Waals surface area (Å²) >= 11 is 0. The van der Waals surface area contributed by atoms with Crippen LogP contribution in [-0.4, -0.2) is 37.4 Å². The van der Waals surface area contributed by atoms with Gasteiger partial charge in [0, 0.05) is 19.5 Å². The number of nitrogens with two attached hydrogens (primary N) is 1. The summed E-state index contributed by atoms with van der Waals surface area (Å²) in [6.45, 7) is 4.79. The molecule has 21 heavy (non-hydrogen) atoms. The third kappa shape index (κ3) is 3.70. The minimum absolute atomic E-state index is 0.0501. The average Bonchev–Trinajstić information content (AvgIpc) is 2.35.